The van der Waals surface area contributed by atoms with Crippen LogP contribution in [0, 0.1) is 5.92 Å². The van der Waals surface area contributed by atoms with Gasteiger partial charge in [0.2, 0.25) is 0 Å². The van der Waals surface area contributed by atoms with Gasteiger partial charge in [-0.3, -0.25) is 0 Å². The number of hydrogen-bond donors (Lipinski definition) is 1. The van der Waals surface area contributed by atoms with Gasteiger partial charge in [-0.1, -0.05) is 57.5 Å². The molecule has 2 unspecified atom stereocenters. The van der Waals surface area contributed by atoms with E-state index in [1.165, 1.54) is 25.7 Å². The third-order valence-corrected chi connectivity index (χ3v) is 4.47. The first-order chi connectivity index (χ1) is 8.74. The Kier molecular flexibility index (Phi) is 4.45. The first-order valence-corrected chi connectivity index (χ1v) is 7.53. The van der Waals surface area contributed by atoms with Crippen LogP contribution in [-0.2, 0) is 5.41 Å². The summed E-state index contributed by atoms with van der Waals surface area (Å²) in [5, 5.41) is 3.77. The zero-order valence-electron chi connectivity index (χ0n) is 12.1. The van der Waals surface area contributed by atoms with Crippen LogP contribution in [-0.4, -0.2) is 12.6 Å². The zero-order chi connectivity index (χ0) is 13.0. The molecule has 1 aromatic carbocycles. The van der Waals surface area contributed by atoms with Crippen molar-refractivity contribution in [3.05, 3.63) is 35.9 Å². The highest BCUT2D eigenvalue weighted by molar-refractivity contribution is 5.34. The van der Waals surface area contributed by atoms with E-state index in [4.69, 9.17) is 0 Å². The molecule has 1 heteroatoms. The van der Waals surface area contributed by atoms with Crippen LogP contribution in [0.25, 0.3) is 0 Å². The van der Waals surface area contributed by atoms with Gasteiger partial charge in [-0.15, -0.1) is 0 Å². The molecule has 0 amide bonds. The van der Waals surface area contributed by atoms with E-state index in [1.807, 2.05) is 0 Å². The minimum absolute atomic E-state index is 0.422. The SMILES string of the molecule is CCCC(C)C(NCC)C1(c2ccccc2)CC1. The lowest BCUT2D eigenvalue weighted by Crippen LogP contribution is -2.44. The van der Waals surface area contributed by atoms with Crippen molar-refractivity contribution in [1.82, 2.24) is 5.32 Å². The molecule has 18 heavy (non-hydrogen) atoms. The van der Waals surface area contributed by atoms with Crippen LogP contribution in [0.5, 0.6) is 0 Å². The average Bonchev–Trinajstić information content (AvgIpc) is 3.18. The summed E-state index contributed by atoms with van der Waals surface area (Å²) in [6.45, 7) is 8.02. The second-order valence-electron chi connectivity index (χ2n) is 5.82. The van der Waals surface area contributed by atoms with Crippen LogP contribution in [0.15, 0.2) is 30.3 Å². The molecule has 100 valence electrons. The summed E-state index contributed by atoms with van der Waals surface area (Å²) < 4.78 is 0. The van der Waals surface area contributed by atoms with Gasteiger partial charge in [-0.2, -0.15) is 0 Å². The Morgan fingerprint density at radius 1 is 1.17 bits per heavy atom. The number of rotatable bonds is 7. The second kappa shape index (κ2) is 5.88. The van der Waals surface area contributed by atoms with Gasteiger partial charge in [0, 0.05) is 11.5 Å². The van der Waals surface area contributed by atoms with E-state index >= 15 is 0 Å². The Morgan fingerprint density at radius 3 is 2.33 bits per heavy atom. The van der Waals surface area contributed by atoms with Crippen LogP contribution in [0.1, 0.15) is 52.0 Å². The highest BCUT2D eigenvalue weighted by atomic mass is 14.9. The summed E-state index contributed by atoms with van der Waals surface area (Å²) >= 11 is 0. The summed E-state index contributed by atoms with van der Waals surface area (Å²) in [7, 11) is 0. The van der Waals surface area contributed by atoms with Crippen molar-refractivity contribution >= 4 is 0 Å². The monoisotopic (exact) mass is 245 g/mol. The van der Waals surface area contributed by atoms with Crippen molar-refractivity contribution in [3.8, 4) is 0 Å². The third kappa shape index (κ3) is 2.61. The zero-order valence-corrected chi connectivity index (χ0v) is 12.1. The standard InChI is InChI=1S/C17H27N/c1-4-9-14(3)16(18-5-2)17(12-13-17)15-10-7-6-8-11-15/h6-8,10-11,14,16,18H,4-5,9,12-13H2,1-3H3. The fourth-order valence-electron chi connectivity index (χ4n) is 3.47. The lowest BCUT2D eigenvalue weighted by atomic mass is 9.79. The molecule has 1 aliphatic rings. The minimum atomic E-state index is 0.422. The topological polar surface area (TPSA) is 12.0 Å². The lowest BCUT2D eigenvalue weighted by Gasteiger charge is -2.33. The van der Waals surface area contributed by atoms with Crippen LogP contribution < -0.4 is 5.32 Å². The molecule has 0 aliphatic heterocycles. The molecular formula is C17H27N. The van der Waals surface area contributed by atoms with E-state index in [-0.39, 0.29) is 0 Å². The highest BCUT2D eigenvalue weighted by Gasteiger charge is 2.51. The quantitative estimate of drug-likeness (QED) is 0.761. The van der Waals surface area contributed by atoms with Gasteiger partial charge in [0.05, 0.1) is 0 Å². The molecule has 2 rings (SSSR count). The van der Waals surface area contributed by atoms with Gasteiger partial charge in [-0.25, -0.2) is 0 Å². The smallest absolute Gasteiger partial charge is 0.0189 e. The van der Waals surface area contributed by atoms with Crippen molar-refractivity contribution in [3.63, 3.8) is 0 Å². The third-order valence-electron chi connectivity index (χ3n) is 4.47. The number of likely N-dealkylation sites (N-methyl/N-ethyl adjacent to an activating group) is 1. The first-order valence-electron chi connectivity index (χ1n) is 7.53. The Balaban J connectivity index is 2.20. The summed E-state index contributed by atoms with van der Waals surface area (Å²) in [4.78, 5) is 0. The second-order valence-corrected chi connectivity index (χ2v) is 5.82. The van der Waals surface area contributed by atoms with Crippen molar-refractivity contribution in [2.24, 2.45) is 5.92 Å². The summed E-state index contributed by atoms with van der Waals surface area (Å²) in [5.74, 6) is 0.762. The van der Waals surface area contributed by atoms with Crippen molar-refractivity contribution in [2.75, 3.05) is 6.54 Å². The summed E-state index contributed by atoms with van der Waals surface area (Å²) in [6, 6.07) is 11.8. The van der Waals surface area contributed by atoms with E-state index in [9.17, 15) is 0 Å². The number of nitrogens with one attached hydrogen (secondary N) is 1. The number of benzene rings is 1. The molecule has 1 aromatic rings. The molecule has 0 aromatic heterocycles. The molecule has 1 nitrogen and oxygen atoms in total. The molecule has 0 bridgehead atoms. The Morgan fingerprint density at radius 2 is 1.83 bits per heavy atom. The van der Waals surface area contributed by atoms with Crippen molar-refractivity contribution in [2.45, 2.75) is 57.9 Å². The molecule has 1 aliphatic carbocycles. The molecular weight excluding hydrogens is 218 g/mol. The summed E-state index contributed by atoms with van der Waals surface area (Å²) in [6.07, 6.45) is 5.31. The predicted molar refractivity (Wildman–Crippen MR) is 78.9 cm³/mol. The van der Waals surface area contributed by atoms with Crippen molar-refractivity contribution in [1.29, 1.82) is 0 Å². The van der Waals surface area contributed by atoms with E-state index in [0.717, 1.165) is 12.5 Å². The van der Waals surface area contributed by atoms with Crippen LogP contribution >= 0.6 is 0 Å². The molecule has 0 saturated heterocycles. The van der Waals surface area contributed by atoms with Gasteiger partial charge in [0.1, 0.15) is 0 Å². The number of hydrogen-bond acceptors (Lipinski definition) is 1. The molecule has 0 radical (unpaired) electrons. The molecule has 1 N–H and O–H groups in total. The first kappa shape index (κ1) is 13.6. The maximum atomic E-state index is 3.77. The van der Waals surface area contributed by atoms with Crippen LogP contribution in [0.2, 0.25) is 0 Å². The Bertz CT molecular complexity index is 353. The fourth-order valence-corrected chi connectivity index (χ4v) is 3.47. The maximum absolute atomic E-state index is 3.77. The Hall–Kier alpha value is -0.820. The van der Waals surface area contributed by atoms with E-state index in [1.54, 1.807) is 5.56 Å². The van der Waals surface area contributed by atoms with Crippen LogP contribution in [0.3, 0.4) is 0 Å². The predicted octanol–water partition coefficient (Wildman–Crippen LogP) is 4.13. The molecule has 1 fully saturated rings. The maximum Gasteiger partial charge on any atom is 0.0189 e. The van der Waals surface area contributed by atoms with Crippen LogP contribution in [0.4, 0.5) is 0 Å². The highest BCUT2D eigenvalue weighted by Crippen LogP contribution is 2.53. The molecule has 0 heterocycles. The van der Waals surface area contributed by atoms with Gasteiger partial charge < -0.3 is 5.32 Å². The lowest BCUT2D eigenvalue weighted by molar-refractivity contribution is 0.298. The molecule has 0 spiro atoms. The van der Waals surface area contributed by atoms with Gasteiger partial charge >= 0.3 is 0 Å². The van der Waals surface area contributed by atoms with Gasteiger partial charge in [-0.05, 0) is 37.3 Å². The van der Waals surface area contributed by atoms with E-state index in [0.29, 0.717) is 11.5 Å². The van der Waals surface area contributed by atoms with Crippen molar-refractivity contribution < 1.29 is 0 Å². The minimum Gasteiger partial charge on any atom is -0.313 e. The largest absolute Gasteiger partial charge is 0.313 e. The fraction of sp³-hybridized carbons (Fsp3) is 0.647. The van der Waals surface area contributed by atoms with Gasteiger partial charge in [0.25, 0.3) is 0 Å². The molecule has 1 saturated carbocycles. The normalized spacial score (nSPS) is 20.4. The van der Waals surface area contributed by atoms with E-state index < -0.39 is 0 Å². The Labute approximate surface area is 112 Å². The van der Waals surface area contributed by atoms with Gasteiger partial charge in [0.15, 0.2) is 0 Å². The average molecular weight is 245 g/mol. The molecule has 2 atom stereocenters. The summed E-state index contributed by atoms with van der Waals surface area (Å²) in [5.41, 5.74) is 1.96. The van der Waals surface area contributed by atoms with E-state index in [2.05, 4.69) is 56.4 Å².